The Morgan fingerprint density at radius 2 is 1.84 bits per heavy atom. The zero-order valence-electron chi connectivity index (χ0n) is 12.5. The van der Waals surface area contributed by atoms with Crippen molar-refractivity contribution in [2.75, 3.05) is 7.11 Å². The van der Waals surface area contributed by atoms with Gasteiger partial charge in [-0.05, 0) is 26.7 Å². The van der Waals surface area contributed by atoms with Gasteiger partial charge in [0.2, 0.25) is 0 Å². The van der Waals surface area contributed by atoms with Crippen LogP contribution < -0.4 is 5.32 Å². The molecule has 0 rings (SSSR count). The average molecular weight is 275 g/mol. The Kier molecular flexibility index (Phi) is 6.83. The number of carbonyl (C=O) groups excluding carboxylic acids is 2. The minimum absolute atomic E-state index is 0.0957. The Morgan fingerprint density at radius 3 is 2.21 bits per heavy atom. The third-order valence-corrected chi connectivity index (χ3v) is 2.72. The second kappa shape index (κ2) is 7.33. The molecule has 19 heavy (non-hydrogen) atoms. The molecule has 6 heteroatoms. The van der Waals surface area contributed by atoms with Crippen LogP contribution in [0.1, 0.15) is 41.0 Å². The van der Waals surface area contributed by atoms with Gasteiger partial charge in [-0.2, -0.15) is 0 Å². The van der Waals surface area contributed by atoms with Gasteiger partial charge in [-0.1, -0.05) is 20.3 Å². The second-order valence-corrected chi connectivity index (χ2v) is 5.53. The van der Waals surface area contributed by atoms with Crippen LogP contribution in [0.3, 0.4) is 0 Å². The van der Waals surface area contributed by atoms with E-state index in [1.807, 2.05) is 13.8 Å². The zero-order chi connectivity index (χ0) is 15.2. The molecule has 3 atom stereocenters. The number of hydrogen-bond acceptors (Lipinski definition) is 5. The quantitative estimate of drug-likeness (QED) is 0.742. The molecule has 0 spiro atoms. The summed E-state index contributed by atoms with van der Waals surface area (Å²) >= 11 is 0. The van der Waals surface area contributed by atoms with Crippen molar-refractivity contribution in [3.63, 3.8) is 0 Å². The first-order valence-electron chi connectivity index (χ1n) is 6.37. The number of nitrogens with one attached hydrogen (secondary N) is 1. The van der Waals surface area contributed by atoms with Crippen LogP contribution in [-0.4, -0.2) is 42.0 Å². The Labute approximate surface area is 114 Å². The van der Waals surface area contributed by atoms with Crippen molar-refractivity contribution in [1.82, 2.24) is 5.32 Å². The van der Waals surface area contributed by atoms with E-state index in [1.54, 1.807) is 20.8 Å². The Balaban J connectivity index is 4.78. The van der Waals surface area contributed by atoms with Crippen molar-refractivity contribution in [3.8, 4) is 0 Å². The summed E-state index contributed by atoms with van der Waals surface area (Å²) in [6, 6.07) is -0.743. The van der Waals surface area contributed by atoms with Gasteiger partial charge in [0.05, 0.1) is 13.2 Å². The highest BCUT2D eigenvalue weighted by atomic mass is 16.6. The maximum absolute atomic E-state index is 11.7. The first kappa shape index (κ1) is 17.7. The molecule has 0 heterocycles. The summed E-state index contributed by atoms with van der Waals surface area (Å²) in [5, 5.41) is 12.4. The molecule has 0 aromatic carbocycles. The normalized spacial score (nSPS) is 16.2. The summed E-state index contributed by atoms with van der Waals surface area (Å²) < 4.78 is 9.60. The third-order valence-electron chi connectivity index (χ3n) is 2.72. The minimum atomic E-state index is -1.41. The number of alkyl carbamates (subject to hydrolysis) is 1. The van der Waals surface area contributed by atoms with E-state index in [0.717, 1.165) is 0 Å². The smallest absolute Gasteiger partial charge is 0.407 e. The number of ether oxygens (including phenoxy) is 2. The predicted octanol–water partition coefficient (Wildman–Crippen LogP) is 1.46. The molecule has 0 fully saturated rings. The molecular weight excluding hydrogens is 250 g/mol. The van der Waals surface area contributed by atoms with Gasteiger partial charge in [-0.25, -0.2) is 9.59 Å². The average Bonchev–Trinajstić information content (AvgIpc) is 2.30. The molecule has 0 radical (unpaired) electrons. The molecular formula is C13H25NO5. The Morgan fingerprint density at radius 1 is 1.32 bits per heavy atom. The standard InChI is InChI=1S/C13H25NO5/c1-7-8(2)9(10(15)11(16)18-6)14-12(17)19-13(3,4)5/h8-10,15H,7H2,1-6H3,(H,14,17)/t8?,9-,10+/m0/s1. The highest BCUT2D eigenvalue weighted by Crippen LogP contribution is 2.14. The monoisotopic (exact) mass is 275 g/mol. The van der Waals surface area contributed by atoms with Gasteiger partial charge in [-0.3, -0.25) is 0 Å². The number of hydrogen-bond donors (Lipinski definition) is 2. The zero-order valence-corrected chi connectivity index (χ0v) is 12.5. The molecule has 0 saturated carbocycles. The number of carbonyl (C=O) groups is 2. The summed E-state index contributed by atoms with van der Waals surface area (Å²) in [4.78, 5) is 23.1. The van der Waals surface area contributed by atoms with Crippen LogP contribution in [0.25, 0.3) is 0 Å². The third kappa shape index (κ3) is 6.42. The molecule has 1 amide bonds. The first-order chi connectivity index (χ1) is 8.62. The van der Waals surface area contributed by atoms with Crippen molar-refractivity contribution in [1.29, 1.82) is 0 Å². The molecule has 0 bridgehead atoms. The van der Waals surface area contributed by atoms with E-state index < -0.39 is 29.8 Å². The van der Waals surface area contributed by atoms with Crippen molar-refractivity contribution >= 4 is 12.1 Å². The summed E-state index contributed by atoms with van der Waals surface area (Å²) in [7, 11) is 1.19. The molecule has 112 valence electrons. The summed E-state index contributed by atoms with van der Waals surface area (Å²) in [5.41, 5.74) is -0.639. The highest BCUT2D eigenvalue weighted by Gasteiger charge is 2.33. The van der Waals surface area contributed by atoms with Crippen molar-refractivity contribution < 1.29 is 24.2 Å². The van der Waals surface area contributed by atoms with Crippen LogP contribution in [0.15, 0.2) is 0 Å². The van der Waals surface area contributed by atoms with Crippen LogP contribution in [0.2, 0.25) is 0 Å². The van der Waals surface area contributed by atoms with Gasteiger partial charge in [0, 0.05) is 0 Å². The largest absolute Gasteiger partial charge is 0.467 e. The Bertz CT molecular complexity index is 311. The van der Waals surface area contributed by atoms with Crippen molar-refractivity contribution in [2.45, 2.75) is 58.8 Å². The highest BCUT2D eigenvalue weighted by molar-refractivity contribution is 5.77. The summed E-state index contributed by atoms with van der Waals surface area (Å²) in [6.45, 7) is 8.94. The fourth-order valence-corrected chi connectivity index (χ4v) is 1.50. The van der Waals surface area contributed by atoms with Crippen LogP contribution in [0.4, 0.5) is 4.79 Å². The maximum Gasteiger partial charge on any atom is 0.407 e. The molecule has 0 aromatic rings. The summed E-state index contributed by atoms with van der Waals surface area (Å²) in [6.07, 6.45) is -1.39. The van der Waals surface area contributed by atoms with E-state index in [0.29, 0.717) is 6.42 Å². The molecule has 0 aliphatic rings. The molecule has 0 saturated heterocycles. The fraction of sp³-hybridized carbons (Fsp3) is 0.846. The van der Waals surface area contributed by atoms with Gasteiger partial charge in [0.15, 0.2) is 6.10 Å². The van der Waals surface area contributed by atoms with E-state index in [2.05, 4.69) is 10.1 Å². The van der Waals surface area contributed by atoms with Crippen LogP contribution in [-0.2, 0) is 14.3 Å². The number of amides is 1. The van der Waals surface area contributed by atoms with Gasteiger partial charge < -0.3 is 19.9 Å². The molecule has 2 N–H and O–H groups in total. The lowest BCUT2D eigenvalue weighted by Gasteiger charge is -2.29. The van der Waals surface area contributed by atoms with Crippen LogP contribution in [0, 0.1) is 5.92 Å². The number of aliphatic hydroxyl groups excluding tert-OH is 1. The van der Waals surface area contributed by atoms with E-state index in [-0.39, 0.29) is 5.92 Å². The topological polar surface area (TPSA) is 84.9 Å². The second-order valence-electron chi connectivity index (χ2n) is 5.53. The maximum atomic E-state index is 11.7. The van der Waals surface area contributed by atoms with Gasteiger partial charge in [0.25, 0.3) is 0 Å². The van der Waals surface area contributed by atoms with E-state index in [9.17, 15) is 14.7 Å². The van der Waals surface area contributed by atoms with Crippen LogP contribution in [0.5, 0.6) is 0 Å². The fourth-order valence-electron chi connectivity index (χ4n) is 1.50. The number of aliphatic hydroxyl groups is 1. The SMILES string of the molecule is CCC(C)[C@H](NC(=O)OC(C)(C)C)[C@@H](O)C(=O)OC. The lowest BCUT2D eigenvalue weighted by atomic mass is 9.94. The van der Waals surface area contributed by atoms with Crippen molar-refractivity contribution in [2.24, 2.45) is 5.92 Å². The van der Waals surface area contributed by atoms with Crippen molar-refractivity contribution in [3.05, 3.63) is 0 Å². The minimum Gasteiger partial charge on any atom is -0.467 e. The van der Waals surface area contributed by atoms with E-state index >= 15 is 0 Å². The number of esters is 1. The lowest BCUT2D eigenvalue weighted by Crippen LogP contribution is -2.51. The Hall–Kier alpha value is -1.30. The van der Waals surface area contributed by atoms with Gasteiger partial charge in [-0.15, -0.1) is 0 Å². The lowest BCUT2D eigenvalue weighted by molar-refractivity contribution is -0.152. The van der Waals surface area contributed by atoms with E-state index in [1.165, 1.54) is 7.11 Å². The molecule has 0 aliphatic carbocycles. The van der Waals surface area contributed by atoms with Crippen LogP contribution >= 0.6 is 0 Å². The first-order valence-corrected chi connectivity index (χ1v) is 6.37. The molecule has 6 nitrogen and oxygen atoms in total. The summed E-state index contributed by atoms with van der Waals surface area (Å²) in [5.74, 6) is -0.872. The van der Waals surface area contributed by atoms with Gasteiger partial charge >= 0.3 is 12.1 Å². The van der Waals surface area contributed by atoms with E-state index in [4.69, 9.17) is 4.74 Å². The molecule has 0 aliphatic heterocycles. The van der Waals surface area contributed by atoms with Gasteiger partial charge in [0.1, 0.15) is 5.60 Å². The number of methoxy groups -OCH3 is 1. The predicted molar refractivity (Wildman–Crippen MR) is 70.6 cm³/mol. The molecule has 1 unspecified atom stereocenters. The molecule has 0 aromatic heterocycles. The number of rotatable bonds is 5.